The van der Waals surface area contributed by atoms with E-state index in [0.717, 1.165) is 23.4 Å². The van der Waals surface area contributed by atoms with E-state index in [4.69, 9.17) is 0 Å². The number of hydrogen-bond acceptors (Lipinski definition) is 2. The number of carbonyl (C=O) groups excluding carboxylic acids is 1. The van der Waals surface area contributed by atoms with Crippen LogP contribution in [-0.2, 0) is 11.3 Å². The first kappa shape index (κ1) is 15.3. The van der Waals surface area contributed by atoms with Gasteiger partial charge in [-0.2, -0.15) is 5.10 Å². The summed E-state index contributed by atoms with van der Waals surface area (Å²) in [5, 5.41) is 7.41. The highest BCUT2D eigenvalue weighted by Crippen LogP contribution is 2.19. The second kappa shape index (κ2) is 7.07. The zero-order chi connectivity index (χ0) is 15.2. The van der Waals surface area contributed by atoms with Crippen LogP contribution in [0.3, 0.4) is 0 Å². The lowest BCUT2D eigenvalue weighted by Crippen LogP contribution is -2.32. The first-order chi connectivity index (χ1) is 10.1. The molecule has 4 nitrogen and oxygen atoms in total. The van der Waals surface area contributed by atoms with Crippen LogP contribution >= 0.6 is 0 Å². The zero-order valence-corrected chi connectivity index (χ0v) is 13.0. The van der Waals surface area contributed by atoms with Crippen LogP contribution in [0.1, 0.15) is 36.2 Å². The fourth-order valence-corrected chi connectivity index (χ4v) is 2.57. The van der Waals surface area contributed by atoms with Gasteiger partial charge >= 0.3 is 0 Å². The van der Waals surface area contributed by atoms with Gasteiger partial charge in [0, 0.05) is 12.2 Å². The molecule has 1 N–H and O–H groups in total. The van der Waals surface area contributed by atoms with Crippen LogP contribution in [0.2, 0.25) is 0 Å². The van der Waals surface area contributed by atoms with Crippen molar-refractivity contribution < 1.29 is 4.79 Å². The first-order valence-electron chi connectivity index (χ1n) is 7.45. The number of amides is 1. The number of aromatic nitrogens is 2. The Morgan fingerprint density at radius 1 is 1.29 bits per heavy atom. The van der Waals surface area contributed by atoms with E-state index in [2.05, 4.69) is 10.4 Å². The molecule has 1 aromatic heterocycles. The lowest BCUT2D eigenvalue weighted by Gasteiger charge is -2.15. The highest BCUT2D eigenvalue weighted by atomic mass is 16.1. The molecule has 2 rings (SSSR count). The molecular formula is C17H23N3O. The molecule has 2 aromatic rings. The number of carbonyl (C=O) groups is 1. The van der Waals surface area contributed by atoms with E-state index in [0.29, 0.717) is 13.1 Å². The Kier molecular flexibility index (Phi) is 5.14. The third-order valence-electron chi connectivity index (χ3n) is 3.65. The molecule has 0 saturated heterocycles. The summed E-state index contributed by atoms with van der Waals surface area (Å²) in [5.74, 6) is 0.0110. The van der Waals surface area contributed by atoms with E-state index in [1.54, 1.807) is 0 Å². The maximum Gasteiger partial charge on any atom is 0.227 e. The van der Waals surface area contributed by atoms with Crippen molar-refractivity contribution >= 4 is 5.91 Å². The second-order valence-corrected chi connectivity index (χ2v) is 5.31. The van der Waals surface area contributed by atoms with Gasteiger partial charge in [-0.3, -0.25) is 9.48 Å². The Balaban J connectivity index is 1.90. The lowest BCUT2D eigenvalue weighted by atomic mass is 9.96. The average Bonchev–Trinajstić information content (AvgIpc) is 2.79. The highest BCUT2D eigenvalue weighted by Gasteiger charge is 2.17. The molecule has 0 radical (unpaired) electrons. The molecule has 4 heteroatoms. The van der Waals surface area contributed by atoms with Gasteiger partial charge in [0.05, 0.1) is 18.2 Å². The molecule has 1 aromatic carbocycles. The topological polar surface area (TPSA) is 46.9 Å². The molecule has 1 heterocycles. The molecule has 0 aliphatic rings. The number of hydrogen-bond donors (Lipinski definition) is 1. The van der Waals surface area contributed by atoms with Crippen molar-refractivity contribution in [2.45, 2.75) is 39.7 Å². The molecule has 1 atom stereocenters. The Morgan fingerprint density at radius 2 is 2.00 bits per heavy atom. The molecule has 0 bridgehead atoms. The minimum Gasteiger partial charge on any atom is -0.354 e. The quantitative estimate of drug-likeness (QED) is 0.887. The van der Waals surface area contributed by atoms with Crippen molar-refractivity contribution in [3.05, 3.63) is 53.3 Å². The molecule has 0 saturated carbocycles. The van der Waals surface area contributed by atoms with Gasteiger partial charge in [-0.25, -0.2) is 0 Å². The maximum absolute atomic E-state index is 12.3. The van der Waals surface area contributed by atoms with Crippen molar-refractivity contribution in [2.75, 3.05) is 6.54 Å². The summed E-state index contributed by atoms with van der Waals surface area (Å²) < 4.78 is 1.93. The number of nitrogens with one attached hydrogen (secondary N) is 1. The summed E-state index contributed by atoms with van der Waals surface area (Å²) in [6, 6.07) is 12.0. The molecule has 0 fully saturated rings. The van der Waals surface area contributed by atoms with Crippen LogP contribution in [0.4, 0.5) is 0 Å². The van der Waals surface area contributed by atoms with Crippen LogP contribution in [0.25, 0.3) is 0 Å². The smallest absolute Gasteiger partial charge is 0.227 e. The number of rotatable bonds is 6. The van der Waals surface area contributed by atoms with Crippen molar-refractivity contribution in [2.24, 2.45) is 0 Å². The highest BCUT2D eigenvalue weighted by molar-refractivity contribution is 5.83. The standard InChI is InChI=1S/C17H23N3O/c1-4-16(15-8-6-5-7-9-15)17(21)18-10-11-20-14(3)12-13(2)19-20/h5-9,12,16H,4,10-11H2,1-3H3,(H,18,21). The van der Waals surface area contributed by atoms with Gasteiger partial charge in [-0.15, -0.1) is 0 Å². The predicted molar refractivity (Wildman–Crippen MR) is 84.2 cm³/mol. The van der Waals surface area contributed by atoms with Crippen molar-refractivity contribution in [1.82, 2.24) is 15.1 Å². The third kappa shape index (κ3) is 3.94. The van der Waals surface area contributed by atoms with Gasteiger partial charge in [0.15, 0.2) is 0 Å². The van der Waals surface area contributed by atoms with Crippen molar-refractivity contribution in [3.63, 3.8) is 0 Å². The Labute approximate surface area is 126 Å². The van der Waals surface area contributed by atoms with Crippen LogP contribution < -0.4 is 5.32 Å². The summed E-state index contributed by atoms with van der Waals surface area (Å²) in [6.07, 6.45) is 0.801. The molecule has 21 heavy (non-hydrogen) atoms. The largest absolute Gasteiger partial charge is 0.354 e. The first-order valence-corrected chi connectivity index (χ1v) is 7.45. The Bertz CT molecular complexity index is 589. The van der Waals surface area contributed by atoms with Crippen molar-refractivity contribution in [1.29, 1.82) is 0 Å². The van der Waals surface area contributed by atoms with Gasteiger partial charge in [0.2, 0.25) is 5.91 Å². The fourth-order valence-electron chi connectivity index (χ4n) is 2.57. The summed E-state index contributed by atoms with van der Waals surface area (Å²) in [5.41, 5.74) is 3.20. The van der Waals surface area contributed by atoms with E-state index in [9.17, 15) is 4.79 Å². The third-order valence-corrected chi connectivity index (χ3v) is 3.65. The van der Waals surface area contributed by atoms with Crippen LogP contribution in [0, 0.1) is 13.8 Å². The molecule has 1 unspecified atom stereocenters. The summed E-state index contributed by atoms with van der Waals surface area (Å²) >= 11 is 0. The molecule has 1 amide bonds. The number of nitrogens with zero attached hydrogens (tertiary/aromatic N) is 2. The van der Waals surface area contributed by atoms with E-state index in [1.165, 1.54) is 0 Å². The van der Waals surface area contributed by atoms with Gasteiger partial charge in [0.1, 0.15) is 0 Å². The zero-order valence-electron chi connectivity index (χ0n) is 13.0. The minimum absolute atomic E-state index is 0.0772. The van der Waals surface area contributed by atoms with Gasteiger partial charge in [-0.1, -0.05) is 37.3 Å². The van der Waals surface area contributed by atoms with Crippen LogP contribution in [0.15, 0.2) is 36.4 Å². The summed E-state index contributed by atoms with van der Waals surface area (Å²) in [4.78, 5) is 12.3. The minimum atomic E-state index is -0.0772. The SMILES string of the molecule is CCC(C(=O)NCCn1nc(C)cc1C)c1ccccc1. The van der Waals surface area contributed by atoms with Crippen molar-refractivity contribution in [3.8, 4) is 0 Å². The maximum atomic E-state index is 12.3. The molecule has 0 aliphatic heterocycles. The van der Waals surface area contributed by atoms with Gasteiger partial charge < -0.3 is 5.32 Å². The molecule has 0 spiro atoms. The number of aryl methyl sites for hydroxylation is 2. The number of benzene rings is 1. The van der Waals surface area contributed by atoms with E-state index < -0.39 is 0 Å². The summed E-state index contributed by atoms with van der Waals surface area (Å²) in [7, 11) is 0. The van der Waals surface area contributed by atoms with Gasteiger partial charge in [-0.05, 0) is 31.9 Å². The van der Waals surface area contributed by atoms with Gasteiger partial charge in [0.25, 0.3) is 0 Å². The molecular weight excluding hydrogens is 262 g/mol. The second-order valence-electron chi connectivity index (χ2n) is 5.31. The fraction of sp³-hybridized carbons (Fsp3) is 0.412. The molecule has 112 valence electrons. The molecule has 0 aliphatic carbocycles. The average molecular weight is 285 g/mol. The van der Waals surface area contributed by atoms with E-state index in [1.807, 2.05) is 61.9 Å². The lowest BCUT2D eigenvalue weighted by molar-refractivity contribution is -0.122. The summed E-state index contributed by atoms with van der Waals surface area (Å²) in [6.45, 7) is 7.35. The Hall–Kier alpha value is -2.10. The predicted octanol–water partition coefficient (Wildman–Crippen LogP) is 2.81. The normalized spacial score (nSPS) is 12.1. The monoisotopic (exact) mass is 285 g/mol. The van der Waals surface area contributed by atoms with E-state index in [-0.39, 0.29) is 11.8 Å². The Morgan fingerprint density at radius 3 is 2.57 bits per heavy atom. The van der Waals surface area contributed by atoms with Crippen LogP contribution in [-0.4, -0.2) is 22.2 Å². The van der Waals surface area contributed by atoms with Crippen LogP contribution in [0.5, 0.6) is 0 Å². The van der Waals surface area contributed by atoms with E-state index >= 15 is 0 Å².